The number of hydrogen-bond donors (Lipinski definition) is 2. The summed E-state index contributed by atoms with van der Waals surface area (Å²) >= 11 is 0. The van der Waals surface area contributed by atoms with E-state index < -0.39 is 0 Å². The molecule has 0 saturated carbocycles. The molecule has 7 nitrogen and oxygen atoms in total. The van der Waals surface area contributed by atoms with Gasteiger partial charge in [0.1, 0.15) is 17.9 Å². The monoisotopic (exact) mass is 271 g/mol. The molecule has 102 valence electrons. The molecular weight excluding hydrogens is 258 g/mol. The summed E-state index contributed by atoms with van der Waals surface area (Å²) in [6, 6.07) is 8.18. The first-order valence-electron chi connectivity index (χ1n) is 5.76. The highest BCUT2D eigenvalue weighted by molar-refractivity contribution is 6.10. The number of benzene rings is 1. The Morgan fingerprint density at radius 1 is 1.35 bits per heavy atom. The van der Waals surface area contributed by atoms with Crippen LogP contribution >= 0.6 is 0 Å². The minimum atomic E-state index is -0.319. The van der Waals surface area contributed by atoms with Gasteiger partial charge in [-0.25, -0.2) is 0 Å². The molecule has 0 saturated heterocycles. The van der Waals surface area contributed by atoms with Crippen molar-refractivity contribution < 1.29 is 9.53 Å². The molecule has 0 aromatic heterocycles. The lowest BCUT2D eigenvalue weighted by Gasteiger charge is -2.11. The van der Waals surface area contributed by atoms with Gasteiger partial charge in [-0.1, -0.05) is 6.92 Å². The van der Waals surface area contributed by atoms with Crippen molar-refractivity contribution in [3.8, 4) is 17.9 Å². The Kier molecular flexibility index (Phi) is 5.54. The zero-order chi connectivity index (χ0) is 15.0. The van der Waals surface area contributed by atoms with Crippen molar-refractivity contribution in [1.82, 2.24) is 0 Å². The number of amides is 1. The lowest BCUT2D eigenvalue weighted by atomic mass is 10.2. The van der Waals surface area contributed by atoms with Gasteiger partial charge in [0.2, 0.25) is 11.6 Å². The Labute approximate surface area is 116 Å². The van der Waals surface area contributed by atoms with Crippen LogP contribution in [0.4, 0.5) is 11.4 Å². The molecule has 1 aromatic carbocycles. The third-order valence-corrected chi connectivity index (χ3v) is 2.32. The Hall–Kier alpha value is -3.06. The molecule has 0 spiro atoms. The third-order valence-electron chi connectivity index (χ3n) is 2.32. The van der Waals surface area contributed by atoms with Crippen LogP contribution < -0.4 is 15.5 Å². The van der Waals surface area contributed by atoms with Crippen molar-refractivity contribution in [3.63, 3.8) is 0 Å². The molecule has 1 aromatic rings. The van der Waals surface area contributed by atoms with Crippen molar-refractivity contribution in [1.29, 1.82) is 10.5 Å². The number of carbonyl (C=O) groups is 1. The Morgan fingerprint density at radius 3 is 2.60 bits per heavy atom. The first-order valence-corrected chi connectivity index (χ1v) is 5.76. The summed E-state index contributed by atoms with van der Waals surface area (Å²) in [6.07, 6.45) is 0.330. The number of ether oxygens (including phenoxy) is 1. The molecule has 0 aliphatic carbocycles. The SMILES string of the molecule is CCC(=O)Nc1ccc(OC)cc1NN=C(C#N)C#N. The lowest BCUT2D eigenvalue weighted by Crippen LogP contribution is -2.11. The number of rotatable bonds is 5. The number of carbonyl (C=O) groups excluding carboxylic acids is 1. The summed E-state index contributed by atoms with van der Waals surface area (Å²) in [5.41, 5.74) is 3.16. The van der Waals surface area contributed by atoms with E-state index in [2.05, 4.69) is 15.8 Å². The second-order valence-corrected chi connectivity index (χ2v) is 3.61. The molecule has 2 N–H and O–H groups in total. The first kappa shape index (κ1) is 15.0. The zero-order valence-corrected chi connectivity index (χ0v) is 11.1. The van der Waals surface area contributed by atoms with E-state index in [-0.39, 0.29) is 11.6 Å². The molecule has 20 heavy (non-hydrogen) atoms. The van der Waals surface area contributed by atoms with Crippen LogP contribution in [0, 0.1) is 22.7 Å². The Morgan fingerprint density at radius 2 is 2.05 bits per heavy atom. The fourth-order valence-electron chi connectivity index (χ4n) is 1.28. The number of nitriles is 2. The molecule has 0 bridgehead atoms. The molecular formula is C13H13N5O2. The topological polar surface area (TPSA) is 110 Å². The van der Waals surface area contributed by atoms with E-state index in [4.69, 9.17) is 15.3 Å². The Balaban J connectivity index is 3.07. The van der Waals surface area contributed by atoms with E-state index in [0.29, 0.717) is 23.5 Å². The largest absolute Gasteiger partial charge is 0.497 e. The van der Waals surface area contributed by atoms with Gasteiger partial charge in [0.25, 0.3) is 0 Å². The standard InChI is InChI=1S/C13H13N5O2/c1-3-13(19)16-11-5-4-10(20-2)6-12(11)18-17-9(7-14)8-15/h4-6,18H,3H2,1-2H3,(H,16,19). The van der Waals surface area contributed by atoms with Crippen LogP contribution in [0.25, 0.3) is 0 Å². The number of hydrogen-bond acceptors (Lipinski definition) is 6. The van der Waals surface area contributed by atoms with Gasteiger partial charge in [0, 0.05) is 12.5 Å². The fraction of sp³-hybridized carbons (Fsp3) is 0.231. The van der Waals surface area contributed by atoms with Gasteiger partial charge >= 0.3 is 0 Å². The normalized spacial score (nSPS) is 8.80. The minimum Gasteiger partial charge on any atom is -0.497 e. The number of nitrogens with zero attached hydrogens (tertiary/aromatic N) is 3. The van der Waals surface area contributed by atoms with Crippen LogP contribution in [0.3, 0.4) is 0 Å². The van der Waals surface area contributed by atoms with Crippen molar-refractivity contribution in [2.24, 2.45) is 5.10 Å². The highest BCUT2D eigenvalue weighted by Gasteiger charge is 2.07. The molecule has 1 amide bonds. The predicted octanol–water partition coefficient (Wildman–Crippen LogP) is 1.86. The van der Waals surface area contributed by atoms with Gasteiger partial charge in [-0.2, -0.15) is 15.6 Å². The smallest absolute Gasteiger partial charge is 0.237 e. The zero-order valence-electron chi connectivity index (χ0n) is 11.1. The van der Waals surface area contributed by atoms with Crippen LogP contribution in [0.5, 0.6) is 5.75 Å². The van der Waals surface area contributed by atoms with E-state index in [0.717, 1.165) is 0 Å². The molecule has 0 aliphatic heterocycles. The lowest BCUT2D eigenvalue weighted by molar-refractivity contribution is -0.115. The summed E-state index contributed by atoms with van der Waals surface area (Å²) in [7, 11) is 1.50. The van der Waals surface area contributed by atoms with E-state index in [1.807, 2.05) is 0 Å². The quantitative estimate of drug-likeness (QED) is 0.627. The molecule has 0 radical (unpaired) electrons. The minimum absolute atomic E-state index is 0.164. The van der Waals surface area contributed by atoms with Crippen LogP contribution in [0.15, 0.2) is 23.3 Å². The molecule has 0 heterocycles. The van der Waals surface area contributed by atoms with Crippen LogP contribution in [0.2, 0.25) is 0 Å². The average Bonchev–Trinajstić information content (AvgIpc) is 2.49. The summed E-state index contributed by atoms with van der Waals surface area (Å²) in [6.45, 7) is 1.73. The number of nitrogens with one attached hydrogen (secondary N) is 2. The molecule has 1 rings (SSSR count). The number of anilines is 2. The summed E-state index contributed by atoms with van der Waals surface area (Å²) < 4.78 is 5.07. The van der Waals surface area contributed by atoms with Gasteiger partial charge in [-0.05, 0) is 12.1 Å². The molecule has 0 unspecified atom stereocenters. The van der Waals surface area contributed by atoms with Crippen molar-refractivity contribution >= 4 is 23.0 Å². The van der Waals surface area contributed by atoms with Crippen molar-refractivity contribution in [2.75, 3.05) is 17.9 Å². The number of hydrazone groups is 1. The van der Waals surface area contributed by atoms with Gasteiger partial charge in [-0.3, -0.25) is 10.2 Å². The average molecular weight is 271 g/mol. The molecule has 0 aliphatic rings. The second-order valence-electron chi connectivity index (χ2n) is 3.61. The van der Waals surface area contributed by atoms with E-state index in [9.17, 15) is 4.79 Å². The molecule has 0 fully saturated rings. The second kappa shape index (κ2) is 7.39. The van der Waals surface area contributed by atoms with E-state index in [1.54, 1.807) is 37.3 Å². The number of methoxy groups -OCH3 is 1. The highest BCUT2D eigenvalue weighted by atomic mass is 16.5. The Bertz CT molecular complexity index is 594. The van der Waals surface area contributed by atoms with Gasteiger partial charge in [-0.15, -0.1) is 0 Å². The van der Waals surface area contributed by atoms with Crippen molar-refractivity contribution in [2.45, 2.75) is 13.3 Å². The van der Waals surface area contributed by atoms with Crippen LogP contribution in [0.1, 0.15) is 13.3 Å². The predicted molar refractivity (Wildman–Crippen MR) is 74.2 cm³/mol. The van der Waals surface area contributed by atoms with Gasteiger partial charge < -0.3 is 10.1 Å². The fourth-order valence-corrected chi connectivity index (χ4v) is 1.28. The third kappa shape index (κ3) is 4.00. The van der Waals surface area contributed by atoms with Gasteiger partial charge in [0.05, 0.1) is 18.5 Å². The highest BCUT2D eigenvalue weighted by Crippen LogP contribution is 2.27. The summed E-state index contributed by atoms with van der Waals surface area (Å²) in [5.74, 6) is 0.385. The van der Waals surface area contributed by atoms with E-state index in [1.165, 1.54) is 7.11 Å². The maximum Gasteiger partial charge on any atom is 0.237 e. The molecule has 7 heteroatoms. The van der Waals surface area contributed by atoms with Crippen molar-refractivity contribution in [3.05, 3.63) is 18.2 Å². The maximum absolute atomic E-state index is 11.4. The van der Waals surface area contributed by atoms with Crippen LogP contribution in [-0.2, 0) is 4.79 Å². The van der Waals surface area contributed by atoms with E-state index >= 15 is 0 Å². The van der Waals surface area contributed by atoms with Gasteiger partial charge in [0.15, 0.2) is 0 Å². The van der Waals surface area contributed by atoms with Crippen LogP contribution in [-0.4, -0.2) is 18.7 Å². The first-order chi connectivity index (χ1) is 9.64. The summed E-state index contributed by atoms with van der Waals surface area (Å²) in [5, 5.41) is 23.6. The maximum atomic E-state index is 11.4. The molecule has 0 atom stereocenters. The summed E-state index contributed by atoms with van der Waals surface area (Å²) in [4.78, 5) is 11.4.